The molecule has 2 rings (SSSR count). The SMILES string of the molecule is CCc1c(NN)ncnc1NCC1(SC)CCCC1. The van der Waals surface area contributed by atoms with Crippen molar-refractivity contribution in [2.24, 2.45) is 5.84 Å². The number of hydrazine groups is 1. The van der Waals surface area contributed by atoms with E-state index in [9.17, 15) is 0 Å². The highest BCUT2D eigenvalue weighted by Gasteiger charge is 2.32. The summed E-state index contributed by atoms with van der Waals surface area (Å²) in [5.74, 6) is 7.11. The van der Waals surface area contributed by atoms with Gasteiger partial charge in [-0.1, -0.05) is 19.8 Å². The fourth-order valence-electron chi connectivity index (χ4n) is 2.74. The van der Waals surface area contributed by atoms with Crippen molar-refractivity contribution in [3.8, 4) is 0 Å². The predicted octanol–water partition coefficient (Wildman–Crippen LogP) is 2.41. The van der Waals surface area contributed by atoms with Gasteiger partial charge in [-0.25, -0.2) is 15.8 Å². The molecular weight excluding hydrogens is 258 g/mol. The summed E-state index contributed by atoms with van der Waals surface area (Å²) in [7, 11) is 0. The number of hydrogen-bond acceptors (Lipinski definition) is 6. The van der Waals surface area contributed by atoms with Gasteiger partial charge in [0, 0.05) is 16.9 Å². The number of rotatable bonds is 6. The Labute approximate surface area is 119 Å². The number of aromatic nitrogens is 2. The Morgan fingerprint density at radius 1 is 1.32 bits per heavy atom. The molecule has 0 aromatic carbocycles. The molecule has 5 nitrogen and oxygen atoms in total. The van der Waals surface area contributed by atoms with Gasteiger partial charge in [0.15, 0.2) is 0 Å². The number of thioether (sulfide) groups is 1. The van der Waals surface area contributed by atoms with Crippen LogP contribution in [0.15, 0.2) is 6.33 Å². The van der Waals surface area contributed by atoms with Crippen LogP contribution in [0.4, 0.5) is 11.6 Å². The molecule has 1 saturated carbocycles. The maximum atomic E-state index is 5.49. The average molecular weight is 281 g/mol. The van der Waals surface area contributed by atoms with Crippen molar-refractivity contribution in [1.82, 2.24) is 9.97 Å². The summed E-state index contributed by atoms with van der Waals surface area (Å²) in [5.41, 5.74) is 3.70. The molecule has 0 aliphatic heterocycles. The molecule has 0 saturated heterocycles. The zero-order chi connectivity index (χ0) is 13.7. The van der Waals surface area contributed by atoms with E-state index < -0.39 is 0 Å². The highest BCUT2D eigenvalue weighted by molar-refractivity contribution is 8.00. The van der Waals surface area contributed by atoms with Crippen LogP contribution in [0.5, 0.6) is 0 Å². The van der Waals surface area contributed by atoms with Gasteiger partial charge < -0.3 is 10.7 Å². The summed E-state index contributed by atoms with van der Waals surface area (Å²) < 4.78 is 0.367. The van der Waals surface area contributed by atoms with Crippen LogP contribution in [0, 0.1) is 0 Å². The van der Waals surface area contributed by atoms with E-state index >= 15 is 0 Å². The molecule has 6 heteroatoms. The smallest absolute Gasteiger partial charge is 0.148 e. The zero-order valence-electron chi connectivity index (χ0n) is 11.7. The van der Waals surface area contributed by atoms with Crippen LogP contribution in [0.3, 0.4) is 0 Å². The van der Waals surface area contributed by atoms with Crippen molar-refractivity contribution in [1.29, 1.82) is 0 Å². The number of hydrogen-bond donors (Lipinski definition) is 3. The van der Waals surface area contributed by atoms with Gasteiger partial charge in [-0.3, -0.25) is 0 Å². The molecule has 0 unspecified atom stereocenters. The molecule has 1 aromatic rings. The lowest BCUT2D eigenvalue weighted by molar-refractivity contribution is 0.638. The Hall–Kier alpha value is -1.01. The lowest BCUT2D eigenvalue weighted by Gasteiger charge is -2.27. The summed E-state index contributed by atoms with van der Waals surface area (Å²) in [6.45, 7) is 3.05. The summed E-state index contributed by atoms with van der Waals surface area (Å²) in [5, 5.41) is 3.51. The molecule has 1 aliphatic rings. The van der Waals surface area contributed by atoms with Crippen LogP contribution in [0.2, 0.25) is 0 Å². The minimum absolute atomic E-state index is 0.367. The Bertz CT molecular complexity index is 417. The Morgan fingerprint density at radius 2 is 2.00 bits per heavy atom. The molecule has 1 fully saturated rings. The van der Waals surface area contributed by atoms with Gasteiger partial charge in [0.2, 0.25) is 0 Å². The van der Waals surface area contributed by atoms with Crippen molar-refractivity contribution >= 4 is 23.4 Å². The van der Waals surface area contributed by atoms with Crippen molar-refractivity contribution in [3.63, 3.8) is 0 Å². The van der Waals surface area contributed by atoms with E-state index in [0.717, 1.165) is 24.3 Å². The number of nitrogens with zero attached hydrogens (tertiary/aromatic N) is 2. The first-order valence-electron chi connectivity index (χ1n) is 6.84. The predicted molar refractivity (Wildman–Crippen MR) is 82.4 cm³/mol. The standard InChI is InChI=1S/C13H23N5S/c1-3-10-11(16-9-17-12(10)18-14)15-8-13(19-2)6-4-5-7-13/h9H,3-8,14H2,1-2H3,(H2,15,16,17,18). The molecule has 0 bridgehead atoms. The molecule has 0 radical (unpaired) electrons. The molecule has 19 heavy (non-hydrogen) atoms. The third-order valence-electron chi connectivity index (χ3n) is 3.96. The number of nitrogens with two attached hydrogens (primary N) is 1. The van der Waals surface area contributed by atoms with E-state index in [1.54, 1.807) is 6.33 Å². The maximum Gasteiger partial charge on any atom is 0.148 e. The highest BCUT2D eigenvalue weighted by atomic mass is 32.2. The van der Waals surface area contributed by atoms with Gasteiger partial charge in [0.05, 0.1) is 0 Å². The van der Waals surface area contributed by atoms with Crippen molar-refractivity contribution < 1.29 is 0 Å². The van der Waals surface area contributed by atoms with E-state index in [2.05, 4.69) is 33.9 Å². The van der Waals surface area contributed by atoms with Gasteiger partial charge in [0.25, 0.3) is 0 Å². The molecule has 0 spiro atoms. The van der Waals surface area contributed by atoms with Gasteiger partial charge in [-0.2, -0.15) is 11.8 Å². The molecule has 106 valence electrons. The quantitative estimate of drug-likeness (QED) is 0.549. The molecule has 0 amide bonds. The van der Waals surface area contributed by atoms with Gasteiger partial charge in [-0.05, 0) is 25.5 Å². The van der Waals surface area contributed by atoms with Gasteiger partial charge in [0.1, 0.15) is 18.0 Å². The average Bonchev–Trinajstić information content (AvgIpc) is 2.94. The second-order valence-corrected chi connectivity index (χ2v) is 6.27. The fourth-order valence-corrected chi connectivity index (χ4v) is 3.65. The maximum absolute atomic E-state index is 5.49. The number of nitrogens with one attached hydrogen (secondary N) is 2. The molecule has 1 heterocycles. The number of nitrogen functional groups attached to an aromatic ring is 1. The normalized spacial score (nSPS) is 17.4. The zero-order valence-corrected chi connectivity index (χ0v) is 12.5. The summed E-state index contributed by atoms with van der Waals surface area (Å²) in [4.78, 5) is 8.51. The van der Waals surface area contributed by atoms with Crippen LogP contribution in [0.25, 0.3) is 0 Å². The number of anilines is 2. The second kappa shape index (κ2) is 6.43. The Kier molecular flexibility index (Phi) is 4.87. The van der Waals surface area contributed by atoms with E-state index in [-0.39, 0.29) is 0 Å². The molecule has 1 aromatic heterocycles. The van der Waals surface area contributed by atoms with E-state index in [1.165, 1.54) is 25.7 Å². The fraction of sp³-hybridized carbons (Fsp3) is 0.692. The lowest BCUT2D eigenvalue weighted by atomic mass is 10.1. The first kappa shape index (κ1) is 14.4. The third-order valence-corrected chi connectivity index (χ3v) is 5.38. The first-order chi connectivity index (χ1) is 9.24. The van der Waals surface area contributed by atoms with Crippen molar-refractivity contribution in [2.75, 3.05) is 23.5 Å². The topological polar surface area (TPSA) is 75.9 Å². The minimum atomic E-state index is 0.367. The van der Waals surface area contributed by atoms with Crippen molar-refractivity contribution in [3.05, 3.63) is 11.9 Å². The summed E-state index contributed by atoms with van der Waals surface area (Å²) in [6.07, 6.45) is 9.86. The van der Waals surface area contributed by atoms with Crippen LogP contribution < -0.4 is 16.6 Å². The van der Waals surface area contributed by atoms with E-state index in [0.29, 0.717) is 10.6 Å². The molecule has 0 atom stereocenters. The van der Waals surface area contributed by atoms with Crippen LogP contribution >= 0.6 is 11.8 Å². The van der Waals surface area contributed by atoms with Crippen LogP contribution in [-0.2, 0) is 6.42 Å². The van der Waals surface area contributed by atoms with Crippen LogP contribution in [0.1, 0.15) is 38.2 Å². The van der Waals surface area contributed by atoms with E-state index in [4.69, 9.17) is 5.84 Å². The van der Waals surface area contributed by atoms with E-state index in [1.807, 2.05) is 11.8 Å². The lowest BCUT2D eigenvalue weighted by Crippen LogP contribution is -2.30. The van der Waals surface area contributed by atoms with Crippen LogP contribution in [-0.4, -0.2) is 27.5 Å². The van der Waals surface area contributed by atoms with Gasteiger partial charge in [-0.15, -0.1) is 0 Å². The summed E-state index contributed by atoms with van der Waals surface area (Å²) >= 11 is 1.98. The van der Waals surface area contributed by atoms with Crippen molar-refractivity contribution in [2.45, 2.75) is 43.8 Å². The molecular formula is C13H23N5S. The third kappa shape index (κ3) is 3.12. The largest absolute Gasteiger partial charge is 0.368 e. The minimum Gasteiger partial charge on any atom is -0.368 e. The Morgan fingerprint density at radius 3 is 2.58 bits per heavy atom. The molecule has 1 aliphatic carbocycles. The Balaban J connectivity index is 2.10. The monoisotopic (exact) mass is 281 g/mol. The van der Waals surface area contributed by atoms with Gasteiger partial charge >= 0.3 is 0 Å². The first-order valence-corrected chi connectivity index (χ1v) is 8.06. The molecule has 4 N–H and O–H groups in total. The second-order valence-electron chi connectivity index (χ2n) is 5.00. The highest BCUT2D eigenvalue weighted by Crippen LogP contribution is 2.40. The summed E-state index contributed by atoms with van der Waals surface area (Å²) in [6, 6.07) is 0.